The van der Waals surface area contributed by atoms with E-state index < -0.39 is 0 Å². The van der Waals surface area contributed by atoms with Crippen LogP contribution in [0.4, 0.5) is 0 Å². The van der Waals surface area contributed by atoms with Gasteiger partial charge in [-0.25, -0.2) is 9.97 Å². The lowest BCUT2D eigenvalue weighted by molar-refractivity contribution is 0.480. The van der Waals surface area contributed by atoms with Crippen LogP contribution >= 0.6 is 11.3 Å². The summed E-state index contributed by atoms with van der Waals surface area (Å²) in [5.74, 6) is 1.04. The zero-order valence-electron chi connectivity index (χ0n) is 13.7. The summed E-state index contributed by atoms with van der Waals surface area (Å²) in [7, 11) is 0. The maximum atomic E-state index is 10.1. The maximum Gasteiger partial charge on any atom is 0.160 e. The minimum absolute atomic E-state index is 0.194. The van der Waals surface area contributed by atoms with Crippen molar-refractivity contribution in [3.8, 4) is 17.3 Å². The van der Waals surface area contributed by atoms with Gasteiger partial charge < -0.3 is 9.67 Å². The molecule has 3 aromatic heterocycles. The van der Waals surface area contributed by atoms with E-state index in [4.69, 9.17) is 4.98 Å². The first-order valence-corrected chi connectivity index (χ1v) is 9.15. The Morgan fingerprint density at radius 1 is 1.00 bits per heavy atom. The summed E-state index contributed by atoms with van der Waals surface area (Å²) in [6.07, 6.45) is 1.69. The quantitative estimate of drug-likeness (QED) is 0.517. The number of phenolic OH excluding ortho intramolecular Hbond substituents is 1. The Labute approximate surface area is 153 Å². The molecule has 0 aliphatic heterocycles. The summed E-state index contributed by atoms with van der Waals surface area (Å²) in [5.41, 5.74) is 6.37. The van der Waals surface area contributed by atoms with E-state index >= 15 is 0 Å². The Morgan fingerprint density at radius 3 is 2.81 bits per heavy atom. The fraction of sp³-hybridized carbons (Fsp3) is 0.0500. The normalized spacial score (nSPS) is 11.4. The second kappa shape index (κ2) is 5.93. The molecule has 6 heteroatoms. The van der Waals surface area contributed by atoms with Crippen molar-refractivity contribution in [2.24, 2.45) is 0 Å². The Hall–Kier alpha value is -3.25. The van der Waals surface area contributed by atoms with Crippen molar-refractivity contribution in [1.82, 2.24) is 19.5 Å². The lowest BCUT2D eigenvalue weighted by atomic mass is 10.1. The number of nitrogens with zero attached hydrogens (tertiary/aromatic N) is 4. The Morgan fingerprint density at radius 2 is 1.92 bits per heavy atom. The second-order valence-electron chi connectivity index (χ2n) is 6.03. The van der Waals surface area contributed by atoms with Crippen molar-refractivity contribution in [1.29, 1.82) is 0 Å². The van der Waals surface area contributed by atoms with Crippen LogP contribution in [0.1, 0.15) is 5.56 Å². The lowest BCUT2D eigenvalue weighted by Gasteiger charge is -2.11. The first-order valence-electron chi connectivity index (χ1n) is 8.20. The molecule has 0 bridgehead atoms. The van der Waals surface area contributed by atoms with Crippen LogP contribution in [0.5, 0.6) is 5.75 Å². The van der Waals surface area contributed by atoms with Gasteiger partial charge in [-0.2, -0.15) is 0 Å². The molecule has 5 aromatic rings. The molecule has 126 valence electrons. The van der Waals surface area contributed by atoms with Crippen LogP contribution < -0.4 is 0 Å². The van der Waals surface area contributed by atoms with Crippen molar-refractivity contribution >= 4 is 33.3 Å². The highest BCUT2D eigenvalue weighted by Crippen LogP contribution is 2.30. The van der Waals surface area contributed by atoms with Gasteiger partial charge in [0.1, 0.15) is 17.0 Å². The minimum Gasteiger partial charge on any atom is -0.506 e. The van der Waals surface area contributed by atoms with Crippen LogP contribution in [0.15, 0.2) is 65.6 Å². The SMILES string of the molecule is Oc1ccc(Cn2c(-c3cscn3)nc3ccccc32)c2cccnc12. The van der Waals surface area contributed by atoms with Gasteiger partial charge in [-0.3, -0.25) is 4.98 Å². The maximum absolute atomic E-state index is 10.1. The third-order valence-electron chi connectivity index (χ3n) is 4.48. The van der Waals surface area contributed by atoms with Gasteiger partial charge >= 0.3 is 0 Å². The third kappa shape index (κ3) is 2.34. The van der Waals surface area contributed by atoms with Gasteiger partial charge in [0.05, 0.1) is 23.1 Å². The van der Waals surface area contributed by atoms with Crippen LogP contribution in [-0.4, -0.2) is 24.6 Å². The summed E-state index contributed by atoms with van der Waals surface area (Å²) in [6, 6.07) is 15.6. The van der Waals surface area contributed by atoms with Crippen LogP contribution in [0.25, 0.3) is 33.5 Å². The summed E-state index contributed by atoms with van der Waals surface area (Å²) < 4.78 is 2.17. The van der Waals surface area contributed by atoms with E-state index in [0.717, 1.165) is 33.5 Å². The number of hydrogen-bond donors (Lipinski definition) is 1. The molecule has 0 aliphatic carbocycles. The van der Waals surface area contributed by atoms with Gasteiger partial charge in [-0.15, -0.1) is 11.3 Å². The van der Waals surface area contributed by atoms with E-state index in [2.05, 4.69) is 20.6 Å². The molecule has 2 aromatic carbocycles. The van der Waals surface area contributed by atoms with Crippen LogP contribution in [0, 0.1) is 0 Å². The summed E-state index contributed by atoms with van der Waals surface area (Å²) in [4.78, 5) is 13.6. The Kier molecular flexibility index (Phi) is 3.43. The summed E-state index contributed by atoms with van der Waals surface area (Å²) >= 11 is 1.56. The molecule has 0 saturated heterocycles. The molecule has 5 rings (SSSR count). The van der Waals surface area contributed by atoms with E-state index in [1.807, 2.05) is 47.3 Å². The molecule has 0 radical (unpaired) electrons. The van der Waals surface area contributed by atoms with Crippen LogP contribution in [-0.2, 0) is 6.54 Å². The highest BCUT2D eigenvalue weighted by Gasteiger charge is 2.15. The topological polar surface area (TPSA) is 63.8 Å². The first-order chi connectivity index (χ1) is 12.8. The molecule has 0 fully saturated rings. The fourth-order valence-electron chi connectivity index (χ4n) is 3.28. The first kappa shape index (κ1) is 15.0. The highest BCUT2D eigenvalue weighted by molar-refractivity contribution is 7.07. The minimum atomic E-state index is 0.194. The van der Waals surface area contributed by atoms with Crippen molar-refractivity contribution in [3.05, 3.63) is 71.2 Å². The largest absolute Gasteiger partial charge is 0.506 e. The second-order valence-corrected chi connectivity index (χ2v) is 6.75. The zero-order valence-corrected chi connectivity index (χ0v) is 14.5. The smallest absolute Gasteiger partial charge is 0.160 e. The van der Waals surface area contributed by atoms with Crippen LogP contribution in [0.2, 0.25) is 0 Å². The van der Waals surface area contributed by atoms with Crippen molar-refractivity contribution in [2.75, 3.05) is 0 Å². The molecule has 0 saturated carbocycles. The average molecular weight is 358 g/mol. The van der Waals surface area contributed by atoms with Crippen molar-refractivity contribution in [3.63, 3.8) is 0 Å². The number of phenols is 1. The van der Waals surface area contributed by atoms with E-state index in [9.17, 15) is 5.11 Å². The predicted octanol–water partition coefficient (Wildman–Crippen LogP) is 4.46. The number of pyridine rings is 1. The number of hydrogen-bond acceptors (Lipinski definition) is 5. The number of thiazole rings is 1. The number of benzene rings is 2. The lowest BCUT2D eigenvalue weighted by Crippen LogP contribution is -2.03. The summed E-state index contributed by atoms with van der Waals surface area (Å²) in [5, 5.41) is 13.1. The van der Waals surface area contributed by atoms with E-state index in [0.29, 0.717) is 12.1 Å². The Bertz CT molecular complexity index is 1230. The molecule has 26 heavy (non-hydrogen) atoms. The molecule has 3 heterocycles. The number of rotatable bonds is 3. The summed E-state index contributed by atoms with van der Waals surface area (Å²) in [6.45, 7) is 0.621. The molecule has 0 amide bonds. The van der Waals surface area contributed by atoms with Crippen molar-refractivity contribution in [2.45, 2.75) is 6.54 Å². The van der Waals surface area contributed by atoms with E-state index in [-0.39, 0.29) is 5.75 Å². The fourth-order valence-corrected chi connectivity index (χ4v) is 3.81. The van der Waals surface area contributed by atoms with Gasteiger partial charge in [0.15, 0.2) is 5.82 Å². The van der Waals surface area contributed by atoms with Gasteiger partial charge in [0.25, 0.3) is 0 Å². The molecule has 5 nitrogen and oxygen atoms in total. The van der Waals surface area contributed by atoms with E-state index in [1.54, 1.807) is 23.6 Å². The standard InChI is InChI=1S/C20H14N4OS/c25-18-8-7-13(14-4-3-9-21-19(14)18)10-24-17-6-2-1-5-15(17)23-20(24)16-11-26-12-22-16/h1-9,11-12,25H,10H2. The highest BCUT2D eigenvalue weighted by atomic mass is 32.1. The number of fused-ring (bicyclic) bond motifs is 2. The average Bonchev–Trinajstić information content (AvgIpc) is 3.32. The number of aromatic nitrogens is 4. The number of para-hydroxylation sites is 2. The van der Waals surface area contributed by atoms with Gasteiger partial charge in [-0.1, -0.05) is 24.3 Å². The van der Waals surface area contributed by atoms with Crippen LogP contribution in [0.3, 0.4) is 0 Å². The van der Waals surface area contributed by atoms with Gasteiger partial charge in [0.2, 0.25) is 0 Å². The molecular formula is C20H14N4OS. The van der Waals surface area contributed by atoms with Gasteiger partial charge in [0, 0.05) is 17.0 Å². The molecule has 0 aliphatic rings. The Balaban J connectivity index is 1.74. The molecule has 0 atom stereocenters. The molecule has 1 N–H and O–H groups in total. The monoisotopic (exact) mass is 358 g/mol. The number of aromatic hydroxyl groups is 1. The van der Waals surface area contributed by atoms with Gasteiger partial charge in [-0.05, 0) is 29.8 Å². The predicted molar refractivity (Wildman–Crippen MR) is 103 cm³/mol. The molecule has 0 unspecified atom stereocenters. The third-order valence-corrected chi connectivity index (χ3v) is 5.07. The molecule has 0 spiro atoms. The van der Waals surface area contributed by atoms with Crippen molar-refractivity contribution < 1.29 is 5.11 Å². The number of imidazole rings is 1. The zero-order chi connectivity index (χ0) is 17.5. The molecular weight excluding hydrogens is 344 g/mol. The van der Waals surface area contributed by atoms with E-state index in [1.165, 1.54) is 0 Å².